The molecule has 3 rings (SSSR count). The Labute approximate surface area is 128 Å². The van der Waals surface area contributed by atoms with E-state index in [9.17, 15) is 8.78 Å². The number of ether oxygens (including phenoxy) is 1. The molecule has 0 radical (unpaired) electrons. The lowest BCUT2D eigenvalue weighted by Gasteiger charge is -2.10. The quantitative estimate of drug-likeness (QED) is 0.606. The van der Waals surface area contributed by atoms with Crippen molar-refractivity contribution in [3.63, 3.8) is 0 Å². The summed E-state index contributed by atoms with van der Waals surface area (Å²) in [6.45, 7) is 0. The van der Waals surface area contributed by atoms with Crippen molar-refractivity contribution in [3.8, 4) is 11.6 Å². The molecular weight excluding hydrogens is 340 g/mol. The molecule has 5 heteroatoms. The standard InChI is InChI=1S/C16H10BrF2NO/c17-9-11-7-10-3-1-2-4-15(10)20-16(11)21-12-5-6-13(18)14(19)8-12/h1-8H,9H2. The van der Waals surface area contributed by atoms with E-state index in [2.05, 4.69) is 20.9 Å². The van der Waals surface area contributed by atoms with Gasteiger partial charge in [0.2, 0.25) is 5.88 Å². The van der Waals surface area contributed by atoms with Crippen molar-refractivity contribution in [2.45, 2.75) is 5.33 Å². The van der Waals surface area contributed by atoms with E-state index in [1.165, 1.54) is 6.07 Å². The number of halogens is 3. The van der Waals surface area contributed by atoms with Gasteiger partial charge in [-0.1, -0.05) is 34.1 Å². The molecule has 1 heterocycles. The molecule has 0 bridgehead atoms. The third-order valence-electron chi connectivity index (χ3n) is 3.01. The molecule has 2 nitrogen and oxygen atoms in total. The van der Waals surface area contributed by atoms with Gasteiger partial charge in [0.15, 0.2) is 11.6 Å². The predicted octanol–water partition coefficient (Wildman–Crippen LogP) is 5.20. The average molecular weight is 350 g/mol. The second-order valence-electron chi connectivity index (χ2n) is 4.46. The number of rotatable bonds is 3. The Kier molecular flexibility index (Phi) is 3.84. The molecule has 2 aromatic carbocycles. The van der Waals surface area contributed by atoms with Gasteiger partial charge in [-0.3, -0.25) is 0 Å². The Hall–Kier alpha value is -2.01. The number of nitrogens with zero attached hydrogens (tertiary/aromatic N) is 1. The first-order valence-corrected chi connectivity index (χ1v) is 7.37. The van der Waals surface area contributed by atoms with E-state index >= 15 is 0 Å². The molecule has 0 spiro atoms. The van der Waals surface area contributed by atoms with E-state index in [1.54, 1.807) is 0 Å². The molecule has 0 aliphatic heterocycles. The number of hydrogen-bond acceptors (Lipinski definition) is 2. The zero-order valence-corrected chi connectivity index (χ0v) is 12.4. The van der Waals surface area contributed by atoms with Crippen LogP contribution in [0.25, 0.3) is 10.9 Å². The summed E-state index contributed by atoms with van der Waals surface area (Å²) in [5.41, 5.74) is 1.61. The third-order valence-corrected chi connectivity index (χ3v) is 3.62. The maximum Gasteiger partial charge on any atom is 0.223 e. The molecule has 0 saturated carbocycles. The van der Waals surface area contributed by atoms with Crippen molar-refractivity contribution in [2.75, 3.05) is 0 Å². The number of alkyl halides is 1. The maximum atomic E-state index is 13.2. The van der Waals surface area contributed by atoms with Gasteiger partial charge in [-0.15, -0.1) is 0 Å². The van der Waals surface area contributed by atoms with Gasteiger partial charge in [-0.25, -0.2) is 13.8 Å². The fourth-order valence-corrected chi connectivity index (χ4v) is 2.38. The first-order valence-electron chi connectivity index (χ1n) is 6.25. The van der Waals surface area contributed by atoms with Crippen LogP contribution in [0.4, 0.5) is 8.78 Å². The van der Waals surface area contributed by atoms with Crippen molar-refractivity contribution in [1.82, 2.24) is 4.98 Å². The summed E-state index contributed by atoms with van der Waals surface area (Å²) in [6, 6.07) is 13.0. The summed E-state index contributed by atoms with van der Waals surface area (Å²) in [5.74, 6) is -1.28. The molecule has 3 aromatic rings. The summed E-state index contributed by atoms with van der Waals surface area (Å²) < 4.78 is 31.8. The van der Waals surface area contributed by atoms with Crippen LogP contribution >= 0.6 is 15.9 Å². The van der Waals surface area contributed by atoms with E-state index in [4.69, 9.17) is 4.74 Å². The molecule has 106 valence electrons. The molecule has 0 aliphatic rings. The van der Waals surface area contributed by atoms with Crippen LogP contribution in [-0.4, -0.2) is 4.98 Å². The van der Waals surface area contributed by atoms with Crippen molar-refractivity contribution < 1.29 is 13.5 Å². The minimum absolute atomic E-state index is 0.207. The van der Waals surface area contributed by atoms with Gasteiger partial charge in [0.25, 0.3) is 0 Å². The lowest BCUT2D eigenvalue weighted by molar-refractivity contribution is 0.446. The van der Waals surface area contributed by atoms with Gasteiger partial charge in [-0.05, 0) is 24.3 Å². The Morgan fingerprint density at radius 3 is 2.57 bits per heavy atom. The minimum Gasteiger partial charge on any atom is -0.439 e. The van der Waals surface area contributed by atoms with Crippen LogP contribution < -0.4 is 4.74 Å². The summed E-state index contributed by atoms with van der Waals surface area (Å²) >= 11 is 3.38. The summed E-state index contributed by atoms with van der Waals surface area (Å²) in [6.07, 6.45) is 0. The number of fused-ring (bicyclic) bond motifs is 1. The first-order chi connectivity index (χ1) is 10.2. The third kappa shape index (κ3) is 2.88. The van der Waals surface area contributed by atoms with Crippen molar-refractivity contribution in [1.29, 1.82) is 0 Å². The van der Waals surface area contributed by atoms with Gasteiger partial charge in [0, 0.05) is 22.3 Å². The number of para-hydroxylation sites is 1. The Morgan fingerprint density at radius 1 is 1.00 bits per heavy atom. The second-order valence-corrected chi connectivity index (χ2v) is 5.02. The molecule has 0 unspecified atom stereocenters. The highest BCUT2D eigenvalue weighted by atomic mass is 79.9. The van der Waals surface area contributed by atoms with Crippen LogP contribution in [0.2, 0.25) is 0 Å². The van der Waals surface area contributed by atoms with Crippen LogP contribution in [0, 0.1) is 11.6 Å². The largest absolute Gasteiger partial charge is 0.439 e. The topological polar surface area (TPSA) is 22.1 Å². The SMILES string of the molecule is Fc1ccc(Oc2nc3ccccc3cc2CBr)cc1F. The van der Waals surface area contributed by atoms with Crippen LogP contribution in [0.3, 0.4) is 0 Å². The van der Waals surface area contributed by atoms with Gasteiger partial charge in [0.05, 0.1) is 5.52 Å². The van der Waals surface area contributed by atoms with Crippen LogP contribution in [-0.2, 0) is 5.33 Å². The van der Waals surface area contributed by atoms with E-state index in [0.29, 0.717) is 11.2 Å². The van der Waals surface area contributed by atoms with Crippen LogP contribution in [0.1, 0.15) is 5.56 Å². The number of aromatic nitrogens is 1. The number of benzene rings is 2. The fraction of sp³-hybridized carbons (Fsp3) is 0.0625. The van der Waals surface area contributed by atoms with Crippen LogP contribution in [0.15, 0.2) is 48.5 Å². The van der Waals surface area contributed by atoms with E-state index < -0.39 is 11.6 Å². The highest BCUT2D eigenvalue weighted by Gasteiger charge is 2.10. The molecule has 0 fully saturated rings. The van der Waals surface area contributed by atoms with Crippen molar-refractivity contribution in [3.05, 3.63) is 65.7 Å². The zero-order chi connectivity index (χ0) is 14.8. The van der Waals surface area contributed by atoms with Gasteiger partial charge < -0.3 is 4.74 Å². The van der Waals surface area contributed by atoms with Gasteiger partial charge in [-0.2, -0.15) is 0 Å². The molecule has 1 aromatic heterocycles. The lowest BCUT2D eigenvalue weighted by Crippen LogP contribution is -1.95. The normalized spacial score (nSPS) is 10.8. The van der Waals surface area contributed by atoms with Crippen LogP contribution in [0.5, 0.6) is 11.6 Å². The van der Waals surface area contributed by atoms with E-state index in [0.717, 1.165) is 28.6 Å². The smallest absolute Gasteiger partial charge is 0.223 e. The van der Waals surface area contributed by atoms with E-state index in [1.807, 2.05) is 30.3 Å². The monoisotopic (exact) mass is 349 g/mol. The molecule has 0 saturated heterocycles. The second kappa shape index (κ2) is 5.77. The molecule has 0 atom stereocenters. The lowest BCUT2D eigenvalue weighted by atomic mass is 10.2. The number of hydrogen-bond donors (Lipinski definition) is 0. The maximum absolute atomic E-state index is 13.2. The summed E-state index contributed by atoms with van der Waals surface area (Å²) in [5, 5.41) is 1.54. The molecule has 21 heavy (non-hydrogen) atoms. The average Bonchev–Trinajstić information content (AvgIpc) is 2.50. The molecular formula is C16H10BrF2NO. The Morgan fingerprint density at radius 2 is 1.81 bits per heavy atom. The first kappa shape index (κ1) is 13.9. The minimum atomic E-state index is -0.950. The Balaban J connectivity index is 2.04. The van der Waals surface area contributed by atoms with Gasteiger partial charge >= 0.3 is 0 Å². The predicted molar refractivity (Wildman–Crippen MR) is 80.8 cm³/mol. The highest BCUT2D eigenvalue weighted by molar-refractivity contribution is 9.08. The number of pyridine rings is 1. The molecule has 0 aliphatic carbocycles. The molecule has 0 amide bonds. The van der Waals surface area contributed by atoms with Crippen molar-refractivity contribution >= 4 is 26.8 Å². The summed E-state index contributed by atoms with van der Waals surface area (Å²) in [7, 11) is 0. The fourth-order valence-electron chi connectivity index (χ4n) is 1.98. The van der Waals surface area contributed by atoms with Crippen molar-refractivity contribution in [2.24, 2.45) is 0 Å². The van der Waals surface area contributed by atoms with E-state index in [-0.39, 0.29) is 5.75 Å². The highest BCUT2D eigenvalue weighted by Crippen LogP contribution is 2.29. The Bertz CT molecular complexity index is 807. The zero-order valence-electron chi connectivity index (χ0n) is 10.8. The van der Waals surface area contributed by atoms with Gasteiger partial charge in [0.1, 0.15) is 5.75 Å². The molecule has 0 N–H and O–H groups in total. The summed E-state index contributed by atoms with van der Waals surface area (Å²) in [4.78, 5) is 4.42.